The van der Waals surface area contributed by atoms with Crippen LogP contribution in [-0.2, 0) is 13.0 Å². The molecule has 0 unspecified atom stereocenters. The molecule has 1 aromatic heterocycles. The third-order valence-corrected chi connectivity index (χ3v) is 6.22. The van der Waals surface area contributed by atoms with Crippen LogP contribution in [0.15, 0.2) is 39.1 Å². The number of Topliss-reactive ketones (excluding diaryl/α,β-unsaturated/α-hetero) is 1. The van der Waals surface area contributed by atoms with E-state index in [9.17, 15) is 9.59 Å². The summed E-state index contributed by atoms with van der Waals surface area (Å²) in [4.78, 5) is 30.3. The molecule has 0 radical (unpaired) electrons. The van der Waals surface area contributed by atoms with Gasteiger partial charge in [-0.1, -0.05) is 30.3 Å². The maximum atomic E-state index is 12.6. The van der Waals surface area contributed by atoms with Gasteiger partial charge in [0.2, 0.25) is 0 Å². The highest BCUT2D eigenvalue weighted by Crippen LogP contribution is 2.34. The molecule has 1 aliphatic rings. The molecular weight excluding hydrogens is 364 g/mol. The van der Waals surface area contributed by atoms with E-state index in [2.05, 4.69) is 11.9 Å². The Kier molecular flexibility index (Phi) is 5.37. The van der Waals surface area contributed by atoms with Crippen LogP contribution in [-0.4, -0.2) is 26.3 Å². The Morgan fingerprint density at radius 1 is 1.42 bits per heavy atom. The van der Waals surface area contributed by atoms with E-state index in [0.29, 0.717) is 27.5 Å². The summed E-state index contributed by atoms with van der Waals surface area (Å²) in [6.45, 7) is 4.56. The third-order valence-electron chi connectivity index (χ3n) is 3.78. The molecule has 0 saturated carbocycles. The van der Waals surface area contributed by atoms with Gasteiger partial charge in [-0.25, -0.2) is 4.98 Å². The van der Waals surface area contributed by atoms with Crippen LogP contribution in [0.2, 0.25) is 5.02 Å². The van der Waals surface area contributed by atoms with E-state index in [1.807, 2.05) is 6.92 Å². The number of benzene rings is 1. The zero-order valence-corrected chi connectivity index (χ0v) is 15.8. The van der Waals surface area contributed by atoms with Crippen LogP contribution >= 0.6 is 35.1 Å². The Morgan fingerprint density at radius 3 is 2.79 bits per heavy atom. The van der Waals surface area contributed by atoms with Crippen LogP contribution in [0.25, 0.3) is 0 Å². The number of thioether (sulfide) groups is 2. The van der Waals surface area contributed by atoms with E-state index < -0.39 is 0 Å². The van der Waals surface area contributed by atoms with Crippen LogP contribution in [0.1, 0.15) is 29.9 Å². The molecule has 0 bridgehead atoms. The Labute approximate surface area is 154 Å². The molecule has 2 heterocycles. The second kappa shape index (κ2) is 7.33. The summed E-state index contributed by atoms with van der Waals surface area (Å²) < 4.78 is 1.66. The molecule has 0 saturated heterocycles. The summed E-state index contributed by atoms with van der Waals surface area (Å²) in [5, 5.41) is 1.60. The Bertz CT molecular complexity index is 834. The summed E-state index contributed by atoms with van der Waals surface area (Å²) in [5.41, 5.74) is 1.49. The minimum Gasteiger partial charge on any atom is -0.293 e. The maximum absolute atomic E-state index is 12.6. The molecule has 0 aliphatic carbocycles. The van der Waals surface area contributed by atoms with Gasteiger partial charge in [0.15, 0.2) is 10.9 Å². The molecule has 0 N–H and O–H groups in total. The highest BCUT2D eigenvalue weighted by molar-refractivity contribution is 8.00. The molecule has 0 fully saturated rings. The van der Waals surface area contributed by atoms with Crippen molar-refractivity contribution in [1.82, 2.24) is 9.55 Å². The summed E-state index contributed by atoms with van der Waals surface area (Å²) in [7, 11) is 0. The van der Waals surface area contributed by atoms with Crippen LogP contribution < -0.4 is 5.56 Å². The van der Waals surface area contributed by atoms with Gasteiger partial charge in [-0.3, -0.25) is 14.2 Å². The van der Waals surface area contributed by atoms with Gasteiger partial charge in [0, 0.05) is 28.8 Å². The van der Waals surface area contributed by atoms with Crippen LogP contribution in [0, 0.1) is 0 Å². The van der Waals surface area contributed by atoms with Gasteiger partial charge in [0.1, 0.15) is 0 Å². The van der Waals surface area contributed by atoms with Gasteiger partial charge in [0.25, 0.3) is 5.56 Å². The smallest absolute Gasteiger partial charge is 0.268 e. The van der Waals surface area contributed by atoms with E-state index in [0.717, 1.165) is 17.0 Å². The largest absolute Gasteiger partial charge is 0.293 e. The minimum absolute atomic E-state index is 0.00295. The lowest BCUT2D eigenvalue weighted by Crippen LogP contribution is -2.24. The second-order valence-corrected chi connectivity index (χ2v) is 8.40. The van der Waals surface area contributed by atoms with Gasteiger partial charge in [-0.2, -0.15) is 0 Å². The first-order chi connectivity index (χ1) is 11.5. The summed E-state index contributed by atoms with van der Waals surface area (Å²) >= 11 is 8.76. The number of carbonyl (C=O) groups is 1. The average Bonchev–Trinajstić information content (AvgIpc) is 2.94. The third kappa shape index (κ3) is 3.55. The fourth-order valence-corrected chi connectivity index (χ4v) is 4.78. The fourth-order valence-electron chi connectivity index (χ4n) is 2.57. The van der Waals surface area contributed by atoms with Gasteiger partial charge < -0.3 is 0 Å². The zero-order valence-electron chi connectivity index (χ0n) is 13.4. The second-order valence-electron chi connectivity index (χ2n) is 5.57. The number of nitrogens with zero attached hydrogens (tertiary/aromatic N) is 2. The topological polar surface area (TPSA) is 52.0 Å². The first-order valence-electron chi connectivity index (χ1n) is 7.71. The average molecular weight is 381 g/mol. The number of rotatable bonds is 5. The molecule has 126 valence electrons. The predicted octanol–water partition coefficient (Wildman–Crippen LogP) is 3.93. The van der Waals surface area contributed by atoms with Crippen molar-refractivity contribution in [2.45, 2.75) is 42.1 Å². The Balaban J connectivity index is 1.81. The number of halogens is 1. The van der Waals surface area contributed by atoms with Crippen LogP contribution in [0.5, 0.6) is 0 Å². The number of fused-ring (bicyclic) bond motifs is 1. The van der Waals surface area contributed by atoms with Gasteiger partial charge >= 0.3 is 0 Å². The fraction of sp³-hybridized carbons (Fsp3) is 0.353. The Hall–Kier alpha value is -1.24. The lowest BCUT2D eigenvalue weighted by atomic mass is 10.1. The summed E-state index contributed by atoms with van der Waals surface area (Å²) in [6.07, 6.45) is 0.804. The van der Waals surface area contributed by atoms with Crippen molar-refractivity contribution in [1.29, 1.82) is 0 Å². The normalized spacial score (nSPS) is 16.2. The molecule has 0 amide bonds. The Morgan fingerprint density at radius 2 is 2.12 bits per heavy atom. The van der Waals surface area contributed by atoms with E-state index in [1.165, 1.54) is 11.8 Å². The highest BCUT2D eigenvalue weighted by Gasteiger charge is 2.26. The van der Waals surface area contributed by atoms with Crippen molar-refractivity contribution in [2.75, 3.05) is 5.75 Å². The standard InChI is InChI=1S/C17H17ClN2O2S2/c1-3-20-16(22)15-13(8-10(2)24-15)19-17(20)23-9-14(21)11-4-6-12(18)7-5-11/h4-7,10H,3,8-9H2,1-2H3/t10-/m1/s1. The minimum atomic E-state index is -0.00295. The SMILES string of the molecule is CCn1c(SCC(=O)c2ccc(Cl)cc2)nc2c(c1=O)S[C@H](C)C2. The predicted molar refractivity (Wildman–Crippen MR) is 99.7 cm³/mol. The van der Waals surface area contributed by atoms with Crippen molar-refractivity contribution >= 4 is 40.9 Å². The van der Waals surface area contributed by atoms with Crippen LogP contribution in [0.3, 0.4) is 0 Å². The van der Waals surface area contributed by atoms with E-state index in [-0.39, 0.29) is 17.1 Å². The lowest BCUT2D eigenvalue weighted by Gasteiger charge is -2.11. The monoisotopic (exact) mass is 380 g/mol. The number of carbonyl (C=O) groups excluding carboxylic acids is 1. The first kappa shape index (κ1) is 17.6. The lowest BCUT2D eigenvalue weighted by molar-refractivity contribution is 0.102. The van der Waals surface area contributed by atoms with Crippen molar-refractivity contribution < 1.29 is 4.79 Å². The number of aromatic nitrogens is 2. The van der Waals surface area contributed by atoms with E-state index in [1.54, 1.807) is 40.6 Å². The van der Waals surface area contributed by atoms with Crippen molar-refractivity contribution in [3.63, 3.8) is 0 Å². The van der Waals surface area contributed by atoms with E-state index >= 15 is 0 Å². The molecule has 1 aliphatic heterocycles. The number of hydrogen-bond donors (Lipinski definition) is 0. The van der Waals surface area contributed by atoms with Crippen molar-refractivity contribution in [2.24, 2.45) is 0 Å². The summed E-state index contributed by atoms with van der Waals surface area (Å²) in [5.74, 6) is 0.243. The van der Waals surface area contributed by atoms with Gasteiger partial charge in [-0.15, -0.1) is 11.8 Å². The number of hydrogen-bond acceptors (Lipinski definition) is 5. The molecule has 3 rings (SSSR count). The molecule has 4 nitrogen and oxygen atoms in total. The zero-order chi connectivity index (χ0) is 17.3. The molecular formula is C17H17ClN2O2S2. The first-order valence-corrected chi connectivity index (χ1v) is 9.95. The molecule has 0 spiro atoms. The van der Waals surface area contributed by atoms with Gasteiger partial charge in [0.05, 0.1) is 16.3 Å². The summed E-state index contributed by atoms with van der Waals surface area (Å²) in [6, 6.07) is 6.83. The molecule has 1 aromatic carbocycles. The number of ketones is 1. The van der Waals surface area contributed by atoms with Crippen molar-refractivity contribution in [3.8, 4) is 0 Å². The molecule has 2 aromatic rings. The molecule has 24 heavy (non-hydrogen) atoms. The maximum Gasteiger partial charge on any atom is 0.268 e. The van der Waals surface area contributed by atoms with E-state index in [4.69, 9.17) is 11.6 Å². The quantitative estimate of drug-likeness (QED) is 0.447. The highest BCUT2D eigenvalue weighted by atomic mass is 35.5. The molecule has 1 atom stereocenters. The van der Waals surface area contributed by atoms with Crippen molar-refractivity contribution in [3.05, 3.63) is 50.9 Å². The molecule has 7 heteroatoms. The van der Waals surface area contributed by atoms with Crippen LogP contribution in [0.4, 0.5) is 0 Å². The van der Waals surface area contributed by atoms with Gasteiger partial charge in [-0.05, 0) is 31.2 Å².